The minimum Gasteiger partial charge on any atom is -0.307 e. The molecule has 0 aromatic heterocycles. The number of unbranched alkanes of at least 4 members (excludes halogenated alkanes) is 2. The van der Waals surface area contributed by atoms with Gasteiger partial charge in [0.05, 0.1) is 0 Å². The van der Waals surface area contributed by atoms with Crippen molar-refractivity contribution in [2.75, 3.05) is 20.1 Å². The minimum absolute atomic E-state index is 0.831. The molecule has 0 spiro atoms. The quantitative estimate of drug-likeness (QED) is 0.509. The van der Waals surface area contributed by atoms with Gasteiger partial charge in [-0.15, -0.1) is 0 Å². The van der Waals surface area contributed by atoms with Gasteiger partial charge in [-0.3, -0.25) is 0 Å². The summed E-state index contributed by atoms with van der Waals surface area (Å²) in [6, 6.07) is 0. The Morgan fingerprint density at radius 2 is 2.00 bits per heavy atom. The molecule has 2 radical (unpaired) electrons. The van der Waals surface area contributed by atoms with Gasteiger partial charge in [0, 0.05) is 0 Å². The van der Waals surface area contributed by atoms with Gasteiger partial charge in [-0.25, -0.2) is 0 Å². The van der Waals surface area contributed by atoms with Crippen molar-refractivity contribution in [1.82, 2.24) is 4.90 Å². The van der Waals surface area contributed by atoms with Crippen LogP contribution in [0.15, 0.2) is 0 Å². The first-order valence-electron chi connectivity index (χ1n) is 3.70. The monoisotopic (exact) mass is 127 g/mol. The minimum atomic E-state index is 0.831. The van der Waals surface area contributed by atoms with E-state index in [4.69, 9.17) is 6.92 Å². The first-order valence-corrected chi connectivity index (χ1v) is 3.70. The molecule has 0 aliphatic heterocycles. The number of rotatable bonds is 5. The summed E-state index contributed by atoms with van der Waals surface area (Å²) < 4.78 is 0. The smallest absolute Gasteiger partial charge is 0.00219 e. The molecule has 0 unspecified atom stereocenters. The van der Waals surface area contributed by atoms with Gasteiger partial charge in [0.2, 0.25) is 0 Å². The van der Waals surface area contributed by atoms with E-state index in [9.17, 15) is 0 Å². The highest BCUT2D eigenvalue weighted by Gasteiger charge is 1.91. The van der Waals surface area contributed by atoms with E-state index >= 15 is 0 Å². The zero-order valence-electron chi connectivity index (χ0n) is 6.56. The van der Waals surface area contributed by atoms with Crippen molar-refractivity contribution in [2.45, 2.75) is 26.2 Å². The maximum Gasteiger partial charge on any atom is -0.00219 e. The molecule has 0 saturated carbocycles. The van der Waals surface area contributed by atoms with E-state index in [-0.39, 0.29) is 0 Å². The zero-order valence-corrected chi connectivity index (χ0v) is 6.56. The maximum atomic E-state index is 5.34. The lowest BCUT2D eigenvalue weighted by atomic mass is 10.2. The Kier molecular flexibility index (Phi) is 6.06. The van der Waals surface area contributed by atoms with E-state index < -0.39 is 0 Å². The van der Waals surface area contributed by atoms with Gasteiger partial charge in [0.1, 0.15) is 0 Å². The highest BCUT2D eigenvalue weighted by molar-refractivity contribution is 4.49. The fourth-order valence-corrected chi connectivity index (χ4v) is 0.684. The van der Waals surface area contributed by atoms with Crippen molar-refractivity contribution in [3.8, 4) is 0 Å². The predicted octanol–water partition coefficient (Wildman–Crippen LogP) is 1.82. The lowest BCUT2D eigenvalue weighted by Crippen LogP contribution is -2.18. The van der Waals surface area contributed by atoms with Crippen LogP contribution < -0.4 is 0 Å². The molecular weight excluding hydrogens is 110 g/mol. The van der Waals surface area contributed by atoms with Crippen LogP contribution in [-0.2, 0) is 0 Å². The third-order valence-electron chi connectivity index (χ3n) is 1.53. The summed E-state index contributed by atoms with van der Waals surface area (Å²) in [6.07, 6.45) is 3.22. The molecule has 0 saturated heterocycles. The van der Waals surface area contributed by atoms with Crippen LogP contribution in [-0.4, -0.2) is 25.0 Å². The molecule has 1 nitrogen and oxygen atoms in total. The molecule has 0 N–H and O–H groups in total. The van der Waals surface area contributed by atoms with Crippen LogP contribution >= 0.6 is 0 Å². The van der Waals surface area contributed by atoms with Gasteiger partial charge < -0.3 is 4.90 Å². The normalized spacial score (nSPS) is 10.7. The number of hydrogen-bond acceptors (Lipinski definition) is 1. The molecule has 0 bridgehead atoms. The molecule has 9 heavy (non-hydrogen) atoms. The summed E-state index contributed by atoms with van der Waals surface area (Å²) in [5.74, 6) is 0. The Bertz CT molecular complexity index is 52.5. The van der Waals surface area contributed by atoms with Crippen LogP contribution in [0.1, 0.15) is 26.2 Å². The fraction of sp³-hybridized carbons (Fsp3) is 0.875. The average Bonchev–Trinajstić information content (AvgIpc) is 1.89. The maximum absolute atomic E-state index is 5.34. The Morgan fingerprint density at radius 3 is 2.44 bits per heavy atom. The molecule has 0 aliphatic rings. The summed E-state index contributed by atoms with van der Waals surface area (Å²) in [5.41, 5.74) is 0. The summed E-state index contributed by atoms with van der Waals surface area (Å²) in [6.45, 7) is 9.84. The molecule has 0 amide bonds. The molecule has 0 heterocycles. The highest BCUT2D eigenvalue weighted by atomic mass is 15.1. The Balaban J connectivity index is 2.88. The molecule has 54 valence electrons. The van der Waals surface area contributed by atoms with Gasteiger partial charge in [-0.2, -0.15) is 0 Å². The first-order chi connectivity index (χ1) is 4.31. The molecular formula is C8H17N. The van der Waals surface area contributed by atoms with Crippen LogP contribution in [0.25, 0.3) is 0 Å². The van der Waals surface area contributed by atoms with E-state index in [2.05, 4.69) is 18.9 Å². The van der Waals surface area contributed by atoms with Gasteiger partial charge in [0.15, 0.2) is 0 Å². The van der Waals surface area contributed by atoms with Crippen molar-refractivity contribution < 1.29 is 0 Å². The third kappa shape index (κ3) is 5.84. The van der Waals surface area contributed by atoms with Crippen LogP contribution in [0.3, 0.4) is 0 Å². The molecule has 0 aliphatic carbocycles. The van der Waals surface area contributed by atoms with E-state index in [0.29, 0.717) is 0 Å². The number of hydrogen-bond donors (Lipinski definition) is 0. The molecule has 0 rings (SSSR count). The molecule has 0 fully saturated rings. The van der Waals surface area contributed by atoms with E-state index in [1.54, 1.807) is 0 Å². The van der Waals surface area contributed by atoms with Crippen LogP contribution in [0.4, 0.5) is 0 Å². The number of nitrogens with zero attached hydrogens (tertiary/aromatic N) is 1. The second kappa shape index (κ2) is 6.09. The second-order valence-corrected chi connectivity index (χ2v) is 2.39. The van der Waals surface area contributed by atoms with Crippen molar-refractivity contribution in [2.24, 2.45) is 0 Å². The summed E-state index contributed by atoms with van der Waals surface area (Å²) in [4.78, 5) is 2.30. The summed E-state index contributed by atoms with van der Waals surface area (Å²) >= 11 is 0. The Morgan fingerprint density at radius 1 is 1.33 bits per heavy atom. The predicted molar refractivity (Wildman–Crippen MR) is 41.3 cm³/mol. The van der Waals surface area contributed by atoms with Crippen molar-refractivity contribution in [3.63, 3.8) is 0 Å². The zero-order chi connectivity index (χ0) is 7.11. The molecule has 0 aromatic rings. The van der Waals surface area contributed by atoms with Gasteiger partial charge in [0.25, 0.3) is 0 Å². The average molecular weight is 127 g/mol. The Labute approximate surface area is 59.1 Å². The van der Waals surface area contributed by atoms with E-state index in [0.717, 1.165) is 19.4 Å². The van der Waals surface area contributed by atoms with Gasteiger partial charge in [-0.05, 0) is 39.9 Å². The summed E-state index contributed by atoms with van der Waals surface area (Å²) in [5, 5.41) is 0. The fourth-order valence-electron chi connectivity index (χ4n) is 0.684. The third-order valence-corrected chi connectivity index (χ3v) is 1.53. The van der Waals surface area contributed by atoms with Gasteiger partial charge in [-0.1, -0.05) is 13.3 Å². The SMILES string of the molecule is [CH]CCCCN(C)CC. The van der Waals surface area contributed by atoms with Gasteiger partial charge >= 0.3 is 0 Å². The van der Waals surface area contributed by atoms with Crippen LogP contribution in [0.5, 0.6) is 0 Å². The van der Waals surface area contributed by atoms with E-state index in [1.807, 2.05) is 0 Å². The van der Waals surface area contributed by atoms with Crippen molar-refractivity contribution in [1.29, 1.82) is 0 Å². The largest absolute Gasteiger partial charge is 0.307 e. The van der Waals surface area contributed by atoms with Crippen LogP contribution in [0.2, 0.25) is 0 Å². The van der Waals surface area contributed by atoms with Crippen molar-refractivity contribution >= 4 is 0 Å². The lowest BCUT2D eigenvalue weighted by Gasteiger charge is -2.12. The molecule has 0 atom stereocenters. The van der Waals surface area contributed by atoms with Crippen molar-refractivity contribution in [3.05, 3.63) is 6.92 Å². The summed E-state index contributed by atoms with van der Waals surface area (Å²) in [7, 11) is 2.14. The molecule has 1 heteroatoms. The van der Waals surface area contributed by atoms with Crippen LogP contribution in [0, 0.1) is 6.92 Å². The second-order valence-electron chi connectivity index (χ2n) is 2.39. The Hall–Kier alpha value is -0.0400. The molecule has 0 aromatic carbocycles. The first kappa shape index (κ1) is 8.96. The highest BCUT2D eigenvalue weighted by Crippen LogP contribution is 1.94. The van der Waals surface area contributed by atoms with E-state index in [1.165, 1.54) is 13.0 Å². The lowest BCUT2D eigenvalue weighted by molar-refractivity contribution is 0.344. The topological polar surface area (TPSA) is 3.24 Å². The standard InChI is InChI=1S/C8H17N/c1-4-6-7-8-9(3)5-2/h1H,4-8H2,2-3H3.